The molecule has 71 heavy (non-hydrogen) atoms. The van der Waals surface area contributed by atoms with E-state index in [9.17, 15) is 30.3 Å². The van der Waals surface area contributed by atoms with Gasteiger partial charge in [-0.15, -0.1) is 0 Å². The van der Waals surface area contributed by atoms with E-state index in [1.807, 2.05) is 18.2 Å². The van der Waals surface area contributed by atoms with Crippen molar-refractivity contribution in [3.05, 3.63) is 129 Å². The second-order valence-corrected chi connectivity index (χ2v) is 18.0. The Bertz CT molecular complexity index is 2230. The van der Waals surface area contributed by atoms with Crippen molar-refractivity contribution in [1.82, 2.24) is 0 Å². The fraction of sp³-hybridized carbons (Fsp3) is 0.556. The van der Waals surface area contributed by atoms with Crippen LogP contribution in [0.4, 0.5) is 17.1 Å². The fourth-order valence-electron chi connectivity index (χ4n) is 9.07. The van der Waals surface area contributed by atoms with Gasteiger partial charge in [0.25, 0.3) is 17.1 Å². The smallest absolute Gasteiger partial charge is 0.270 e. The van der Waals surface area contributed by atoms with Crippen molar-refractivity contribution in [2.75, 3.05) is 79.3 Å². The summed E-state index contributed by atoms with van der Waals surface area (Å²) in [5.74, 6) is 1.67. The van der Waals surface area contributed by atoms with Crippen LogP contribution in [0.25, 0.3) is 0 Å². The molecule has 0 radical (unpaired) electrons. The molecular weight excluding hydrogens is 915 g/mol. The van der Waals surface area contributed by atoms with E-state index in [1.54, 1.807) is 0 Å². The molecule has 0 N–H and O–H groups in total. The molecule has 4 aromatic carbocycles. The third-order valence-electron chi connectivity index (χ3n) is 12.6. The highest BCUT2D eigenvalue weighted by atomic mass is 16.6. The van der Waals surface area contributed by atoms with E-state index in [4.69, 9.17) is 37.9 Å². The van der Waals surface area contributed by atoms with E-state index in [-0.39, 0.29) is 75.8 Å². The van der Waals surface area contributed by atoms with Gasteiger partial charge in [0, 0.05) is 95.5 Å². The molecule has 10 bridgehead atoms. The topological polar surface area (TPSA) is 203 Å². The fourth-order valence-corrected chi connectivity index (χ4v) is 9.07. The Hall–Kier alpha value is -5.88. The number of rotatable bonds is 19. The van der Waals surface area contributed by atoms with Crippen molar-refractivity contribution in [3.8, 4) is 23.0 Å². The zero-order chi connectivity index (χ0) is 50.2. The van der Waals surface area contributed by atoms with Crippen LogP contribution in [0.2, 0.25) is 0 Å². The standard InChI is InChI=1S/C54H71N3O14/c1-3-5-7-9-11-13-18-68-51-40-16-15-17-41(51)31-43-35-49(56(60)61)39-47-33-45-37-50(57(62)63)36-44(52(45)69-19-14-12-10-8-6-4-2)32-46-38-48(55(58)59)34-42(30-40)53(46)70-28-26-66-24-22-64-20-21-65-23-25-67-27-29-71-54(43)47/h15-17,34-39H,3-14,18-33H2,1-2H3. The maximum absolute atomic E-state index is 12.8. The molecule has 1 aliphatic carbocycles. The molecule has 17 nitrogen and oxygen atoms in total. The summed E-state index contributed by atoms with van der Waals surface area (Å²) in [7, 11) is 0. The molecule has 2 aliphatic rings. The lowest BCUT2D eigenvalue weighted by Gasteiger charge is -2.23. The van der Waals surface area contributed by atoms with Crippen LogP contribution < -0.4 is 18.9 Å². The second kappa shape index (κ2) is 29.5. The number of ether oxygens (including phenoxy) is 8. The van der Waals surface area contributed by atoms with E-state index < -0.39 is 14.8 Å². The van der Waals surface area contributed by atoms with Gasteiger partial charge >= 0.3 is 0 Å². The van der Waals surface area contributed by atoms with E-state index in [2.05, 4.69) is 13.8 Å². The van der Waals surface area contributed by atoms with Crippen LogP contribution >= 0.6 is 0 Å². The Labute approximate surface area is 416 Å². The summed E-state index contributed by atoms with van der Waals surface area (Å²) in [5.41, 5.74) is 3.48. The van der Waals surface area contributed by atoms with Crippen LogP contribution in [0, 0.1) is 30.3 Å². The number of nitrogens with zero attached hydrogens (tertiary/aromatic N) is 3. The molecule has 1 aliphatic heterocycles. The van der Waals surface area contributed by atoms with Crippen LogP contribution in [0.3, 0.4) is 0 Å². The number of benzene rings is 4. The maximum Gasteiger partial charge on any atom is 0.270 e. The first kappa shape index (κ1) is 54.5. The molecule has 0 atom stereocenters. The summed E-state index contributed by atoms with van der Waals surface area (Å²) >= 11 is 0. The first-order chi connectivity index (χ1) is 34.7. The van der Waals surface area contributed by atoms with E-state index in [0.29, 0.717) is 109 Å². The van der Waals surface area contributed by atoms with Crippen molar-refractivity contribution in [2.24, 2.45) is 0 Å². The first-order valence-electron chi connectivity index (χ1n) is 25.5. The summed E-state index contributed by atoms with van der Waals surface area (Å²) in [5, 5.41) is 38.5. The summed E-state index contributed by atoms with van der Waals surface area (Å²) in [6, 6.07) is 14.5. The number of hydrogen-bond donors (Lipinski definition) is 0. The summed E-state index contributed by atoms with van der Waals surface area (Å²) in [4.78, 5) is 37.1. The van der Waals surface area contributed by atoms with Crippen molar-refractivity contribution >= 4 is 17.1 Å². The SMILES string of the molecule is CCCCCCCCOc1c2cccc1Cc1cc([N+](=O)[O-])cc3c1OCCOCCOCCOCCOCCOc1c(cc([N+](=O)[O-])cc1Cc1cc([N+](=O)[O-])cc(c1OCCCCCCCC)C3)C2. The van der Waals surface area contributed by atoms with Gasteiger partial charge in [-0.05, 0) is 24.0 Å². The van der Waals surface area contributed by atoms with Gasteiger partial charge in [0.2, 0.25) is 0 Å². The third kappa shape index (κ3) is 16.9. The number of nitro groups is 3. The minimum atomic E-state index is -0.492. The summed E-state index contributed by atoms with van der Waals surface area (Å²) < 4.78 is 49.8. The van der Waals surface area contributed by atoms with Crippen LogP contribution in [-0.2, 0) is 44.6 Å². The lowest BCUT2D eigenvalue weighted by Crippen LogP contribution is -2.15. The predicted molar refractivity (Wildman–Crippen MR) is 269 cm³/mol. The maximum atomic E-state index is 12.8. The van der Waals surface area contributed by atoms with Crippen molar-refractivity contribution in [2.45, 2.75) is 117 Å². The molecule has 0 aromatic heterocycles. The number of nitro benzene ring substituents is 3. The van der Waals surface area contributed by atoms with Crippen molar-refractivity contribution in [3.63, 3.8) is 0 Å². The average molecular weight is 986 g/mol. The molecular formula is C54H71N3O14. The number of hydrogen-bond acceptors (Lipinski definition) is 14. The third-order valence-corrected chi connectivity index (χ3v) is 12.6. The highest BCUT2D eigenvalue weighted by molar-refractivity contribution is 5.61. The number of unbranched alkanes of at least 4 members (excludes halogenated alkanes) is 10. The van der Waals surface area contributed by atoms with Gasteiger partial charge in [0.05, 0.1) is 80.8 Å². The van der Waals surface area contributed by atoms with Crippen LogP contribution in [0.15, 0.2) is 54.6 Å². The molecule has 0 spiro atoms. The predicted octanol–water partition coefficient (Wildman–Crippen LogP) is 11.4. The minimum absolute atomic E-state index is 0.0520. The Morgan fingerprint density at radius 2 is 0.704 bits per heavy atom. The van der Waals surface area contributed by atoms with Gasteiger partial charge in [-0.1, -0.05) is 96.3 Å². The van der Waals surface area contributed by atoms with E-state index in [1.165, 1.54) is 36.4 Å². The largest absolute Gasteiger partial charge is 0.493 e. The molecule has 0 unspecified atom stereocenters. The van der Waals surface area contributed by atoms with E-state index >= 15 is 0 Å². The number of non-ortho nitro benzene ring substituents is 3. The van der Waals surface area contributed by atoms with Gasteiger partial charge in [-0.3, -0.25) is 30.3 Å². The average Bonchev–Trinajstić information content (AvgIpc) is 3.34. The van der Waals surface area contributed by atoms with Gasteiger partial charge in [-0.2, -0.15) is 0 Å². The molecule has 1 heterocycles. The Morgan fingerprint density at radius 1 is 0.408 bits per heavy atom. The molecule has 6 rings (SSSR count). The summed E-state index contributed by atoms with van der Waals surface area (Å²) in [6.07, 6.45) is 12.4. The van der Waals surface area contributed by atoms with Gasteiger partial charge < -0.3 is 37.9 Å². The lowest BCUT2D eigenvalue weighted by molar-refractivity contribution is -0.385. The Morgan fingerprint density at radius 3 is 1.06 bits per heavy atom. The van der Waals surface area contributed by atoms with Crippen LogP contribution in [-0.4, -0.2) is 94.1 Å². The van der Waals surface area contributed by atoms with Crippen molar-refractivity contribution in [1.29, 1.82) is 0 Å². The van der Waals surface area contributed by atoms with Gasteiger partial charge in [0.1, 0.15) is 36.2 Å². The van der Waals surface area contributed by atoms with Crippen molar-refractivity contribution < 1.29 is 52.7 Å². The zero-order valence-corrected chi connectivity index (χ0v) is 41.6. The zero-order valence-electron chi connectivity index (χ0n) is 41.6. The molecule has 0 fully saturated rings. The number of para-hydroxylation sites is 1. The highest BCUT2D eigenvalue weighted by Gasteiger charge is 2.28. The van der Waals surface area contributed by atoms with E-state index in [0.717, 1.165) is 81.8 Å². The molecule has 17 heteroatoms. The minimum Gasteiger partial charge on any atom is -0.493 e. The van der Waals surface area contributed by atoms with Gasteiger partial charge in [0.15, 0.2) is 0 Å². The molecule has 0 saturated carbocycles. The van der Waals surface area contributed by atoms with Crippen LogP contribution in [0.5, 0.6) is 23.0 Å². The van der Waals surface area contributed by atoms with Gasteiger partial charge in [-0.25, -0.2) is 0 Å². The highest BCUT2D eigenvalue weighted by Crippen LogP contribution is 2.42. The second-order valence-electron chi connectivity index (χ2n) is 18.0. The molecule has 0 saturated heterocycles. The van der Waals surface area contributed by atoms with Crippen LogP contribution in [0.1, 0.15) is 135 Å². The molecule has 0 amide bonds. The normalized spacial score (nSPS) is 15.0. The Kier molecular flexibility index (Phi) is 22.6. The monoisotopic (exact) mass is 985 g/mol. The quantitative estimate of drug-likeness (QED) is 0.0429. The molecule has 386 valence electrons. The number of fused-ring (bicyclic) bond motifs is 2. The lowest BCUT2D eigenvalue weighted by atomic mass is 9.90. The Balaban J connectivity index is 1.58. The first-order valence-corrected chi connectivity index (χ1v) is 25.5. The molecule has 4 aromatic rings. The summed E-state index contributed by atoms with van der Waals surface area (Å²) in [6.45, 7) is 7.51.